The van der Waals surface area contributed by atoms with Gasteiger partial charge in [0.2, 0.25) is 0 Å². The Morgan fingerprint density at radius 3 is 2.62 bits per heavy atom. The summed E-state index contributed by atoms with van der Waals surface area (Å²) < 4.78 is 5.48. The Hall–Kier alpha value is -1.59. The molecule has 0 saturated heterocycles. The molecule has 5 heteroatoms. The topological polar surface area (TPSA) is 70.6 Å². The molecule has 0 radical (unpaired) electrons. The van der Waals surface area contributed by atoms with Gasteiger partial charge in [0, 0.05) is 20.3 Å². The highest BCUT2D eigenvalue weighted by molar-refractivity contribution is 5.74. The third-order valence-electron chi connectivity index (χ3n) is 4.19. The first-order valence-corrected chi connectivity index (χ1v) is 7.44. The number of rotatable bonds is 7. The van der Waals surface area contributed by atoms with Gasteiger partial charge < -0.3 is 20.5 Å². The summed E-state index contributed by atoms with van der Waals surface area (Å²) in [5, 5.41) is 15.0. The van der Waals surface area contributed by atoms with Crippen LogP contribution in [0.1, 0.15) is 37.3 Å². The summed E-state index contributed by atoms with van der Waals surface area (Å²) in [4.78, 5) is 12.0. The normalized spacial score (nSPS) is 17.6. The molecule has 1 aliphatic rings. The smallest absolute Gasteiger partial charge is 0.315 e. The number of hydrogen-bond donors (Lipinski definition) is 3. The van der Waals surface area contributed by atoms with Crippen LogP contribution < -0.4 is 10.6 Å². The van der Waals surface area contributed by atoms with Crippen molar-refractivity contribution in [2.75, 3.05) is 20.3 Å². The van der Waals surface area contributed by atoms with Gasteiger partial charge in [0.05, 0.1) is 11.6 Å². The van der Waals surface area contributed by atoms with Crippen molar-refractivity contribution in [1.29, 1.82) is 0 Å². The number of benzene rings is 1. The van der Waals surface area contributed by atoms with E-state index in [1.807, 2.05) is 30.3 Å². The van der Waals surface area contributed by atoms with Crippen molar-refractivity contribution in [2.45, 2.75) is 37.3 Å². The molecule has 0 aliphatic heterocycles. The van der Waals surface area contributed by atoms with E-state index in [1.165, 1.54) is 0 Å². The standard InChI is InChI=1S/C16H24N2O3/c1-21-16(9-5-10-16)12-17-15(20)18-14(8-11-19)13-6-3-2-4-7-13/h2-4,6-7,14,19H,5,8-12H2,1H3,(H2,17,18,20)/t14-/m1/s1. The van der Waals surface area contributed by atoms with Crippen LogP contribution in [-0.4, -0.2) is 37.0 Å². The van der Waals surface area contributed by atoms with E-state index in [4.69, 9.17) is 9.84 Å². The van der Waals surface area contributed by atoms with Crippen LogP contribution in [0.5, 0.6) is 0 Å². The second kappa shape index (κ2) is 7.43. The lowest BCUT2D eigenvalue weighted by Crippen LogP contribution is -2.51. The van der Waals surface area contributed by atoms with Crippen LogP contribution in [0.15, 0.2) is 30.3 Å². The lowest BCUT2D eigenvalue weighted by molar-refractivity contribution is -0.0674. The molecule has 1 aromatic carbocycles. The highest BCUT2D eigenvalue weighted by atomic mass is 16.5. The second-order valence-corrected chi connectivity index (χ2v) is 5.54. The summed E-state index contributed by atoms with van der Waals surface area (Å²) in [6, 6.07) is 9.27. The molecule has 2 amide bonds. The van der Waals surface area contributed by atoms with E-state index in [0.717, 1.165) is 24.8 Å². The number of amides is 2. The average molecular weight is 292 g/mol. The molecule has 0 bridgehead atoms. The number of hydrogen-bond acceptors (Lipinski definition) is 3. The van der Waals surface area contributed by atoms with Crippen molar-refractivity contribution < 1.29 is 14.6 Å². The Morgan fingerprint density at radius 1 is 1.38 bits per heavy atom. The van der Waals surface area contributed by atoms with E-state index in [9.17, 15) is 4.79 Å². The van der Waals surface area contributed by atoms with Gasteiger partial charge in [0.15, 0.2) is 0 Å². The minimum absolute atomic E-state index is 0.0296. The highest BCUT2D eigenvalue weighted by Crippen LogP contribution is 2.34. The molecular formula is C16H24N2O3. The van der Waals surface area contributed by atoms with E-state index < -0.39 is 0 Å². The number of urea groups is 1. The molecule has 0 heterocycles. The highest BCUT2D eigenvalue weighted by Gasteiger charge is 2.37. The molecule has 116 valence electrons. The molecule has 3 N–H and O–H groups in total. The van der Waals surface area contributed by atoms with Gasteiger partial charge >= 0.3 is 6.03 Å². The van der Waals surface area contributed by atoms with E-state index in [0.29, 0.717) is 13.0 Å². The van der Waals surface area contributed by atoms with Gasteiger partial charge in [0.1, 0.15) is 0 Å². The van der Waals surface area contributed by atoms with Crippen molar-refractivity contribution in [3.63, 3.8) is 0 Å². The fourth-order valence-electron chi connectivity index (χ4n) is 2.61. The lowest BCUT2D eigenvalue weighted by Gasteiger charge is -2.40. The van der Waals surface area contributed by atoms with Gasteiger partial charge in [-0.2, -0.15) is 0 Å². The second-order valence-electron chi connectivity index (χ2n) is 5.54. The molecule has 0 unspecified atom stereocenters. The number of ether oxygens (including phenoxy) is 1. The first-order valence-electron chi connectivity index (χ1n) is 7.44. The van der Waals surface area contributed by atoms with Gasteiger partial charge in [-0.25, -0.2) is 4.79 Å². The average Bonchev–Trinajstić information content (AvgIpc) is 2.47. The van der Waals surface area contributed by atoms with Crippen LogP contribution in [-0.2, 0) is 4.74 Å². The lowest BCUT2D eigenvalue weighted by atomic mass is 9.80. The van der Waals surface area contributed by atoms with Crippen molar-refractivity contribution in [3.05, 3.63) is 35.9 Å². The van der Waals surface area contributed by atoms with Crippen molar-refractivity contribution >= 4 is 6.03 Å². The summed E-state index contributed by atoms with van der Waals surface area (Å²) in [5.41, 5.74) is 0.808. The number of aliphatic hydroxyl groups excluding tert-OH is 1. The monoisotopic (exact) mass is 292 g/mol. The van der Waals surface area contributed by atoms with Gasteiger partial charge in [-0.1, -0.05) is 30.3 Å². The fraction of sp³-hybridized carbons (Fsp3) is 0.562. The molecule has 1 aromatic rings. The van der Waals surface area contributed by atoms with Crippen molar-refractivity contribution in [2.24, 2.45) is 0 Å². The number of carbonyl (C=O) groups is 1. The first-order chi connectivity index (χ1) is 10.2. The van der Waals surface area contributed by atoms with Crippen LogP contribution in [0.2, 0.25) is 0 Å². The molecule has 5 nitrogen and oxygen atoms in total. The summed E-state index contributed by atoms with van der Waals surface area (Å²) in [5.74, 6) is 0. The summed E-state index contributed by atoms with van der Waals surface area (Å²) in [7, 11) is 1.69. The van der Waals surface area contributed by atoms with Gasteiger partial charge in [0.25, 0.3) is 0 Å². The zero-order valence-electron chi connectivity index (χ0n) is 12.5. The zero-order chi connectivity index (χ0) is 15.1. The fourth-order valence-corrected chi connectivity index (χ4v) is 2.61. The third-order valence-corrected chi connectivity index (χ3v) is 4.19. The Balaban J connectivity index is 1.86. The van der Waals surface area contributed by atoms with Crippen LogP contribution in [0.3, 0.4) is 0 Å². The molecule has 0 aromatic heterocycles. The molecule has 1 aliphatic carbocycles. The number of aliphatic hydroxyl groups is 1. The maximum absolute atomic E-state index is 12.0. The number of carbonyl (C=O) groups excluding carboxylic acids is 1. The molecule has 2 rings (SSSR count). The number of nitrogens with one attached hydrogen (secondary N) is 2. The van der Waals surface area contributed by atoms with Crippen LogP contribution in [0.4, 0.5) is 4.79 Å². The first kappa shape index (κ1) is 15.8. The SMILES string of the molecule is COC1(CNC(=O)N[C@H](CCO)c2ccccc2)CCC1. The Labute approximate surface area is 125 Å². The minimum Gasteiger partial charge on any atom is -0.396 e. The predicted molar refractivity (Wildman–Crippen MR) is 81.0 cm³/mol. The van der Waals surface area contributed by atoms with Crippen LogP contribution >= 0.6 is 0 Å². The quantitative estimate of drug-likeness (QED) is 0.719. The summed E-state index contributed by atoms with van der Waals surface area (Å²) >= 11 is 0. The third kappa shape index (κ3) is 4.19. The zero-order valence-corrected chi connectivity index (χ0v) is 12.5. The maximum Gasteiger partial charge on any atom is 0.315 e. The molecule has 0 spiro atoms. The van der Waals surface area contributed by atoms with E-state index in [1.54, 1.807) is 7.11 Å². The Kier molecular flexibility index (Phi) is 5.59. The summed E-state index contributed by atoms with van der Waals surface area (Å²) in [6.07, 6.45) is 3.62. The van der Waals surface area contributed by atoms with Crippen molar-refractivity contribution in [1.82, 2.24) is 10.6 Å². The van der Waals surface area contributed by atoms with E-state index in [-0.39, 0.29) is 24.3 Å². The summed E-state index contributed by atoms with van der Waals surface area (Å²) in [6.45, 7) is 0.553. The van der Waals surface area contributed by atoms with Crippen molar-refractivity contribution in [3.8, 4) is 0 Å². The molecule has 1 fully saturated rings. The predicted octanol–water partition coefficient (Wildman–Crippen LogP) is 1.98. The molecular weight excluding hydrogens is 268 g/mol. The van der Waals surface area contributed by atoms with Crippen LogP contribution in [0.25, 0.3) is 0 Å². The van der Waals surface area contributed by atoms with Gasteiger partial charge in [-0.15, -0.1) is 0 Å². The van der Waals surface area contributed by atoms with Crippen LogP contribution in [0, 0.1) is 0 Å². The van der Waals surface area contributed by atoms with Gasteiger partial charge in [-0.3, -0.25) is 0 Å². The largest absolute Gasteiger partial charge is 0.396 e. The van der Waals surface area contributed by atoms with E-state index >= 15 is 0 Å². The Bertz CT molecular complexity index is 441. The van der Waals surface area contributed by atoms with E-state index in [2.05, 4.69) is 10.6 Å². The molecule has 1 saturated carbocycles. The minimum atomic E-state index is -0.222. The molecule has 1 atom stereocenters. The maximum atomic E-state index is 12.0. The number of methoxy groups -OCH3 is 1. The Morgan fingerprint density at radius 2 is 2.10 bits per heavy atom. The van der Waals surface area contributed by atoms with Gasteiger partial charge in [-0.05, 0) is 31.2 Å². The molecule has 21 heavy (non-hydrogen) atoms.